The molecule has 0 spiro atoms. The Hall–Kier alpha value is -0.170. The van der Waals surface area contributed by atoms with Gasteiger partial charge in [0.05, 0.1) is 11.4 Å². The van der Waals surface area contributed by atoms with Gasteiger partial charge in [0.2, 0.25) is 10.0 Å². The van der Waals surface area contributed by atoms with Crippen molar-refractivity contribution in [3.05, 3.63) is 0 Å². The molecule has 0 aromatic carbocycles. The van der Waals surface area contributed by atoms with Gasteiger partial charge < -0.3 is 10.1 Å². The molecule has 17 heavy (non-hydrogen) atoms. The second-order valence-corrected chi connectivity index (χ2v) is 6.56. The van der Waals surface area contributed by atoms with Crippen molar-refractivity contribution in [3.63, 3.8) is 0 Å². The number of sulfonamides is 1. The summed E-state index contributed by atoms with van der Waals surface area (Å²) in [5, 5.41) is 3.08. The summed E-state index contributed by atoms with van der Waals surface area (Å²) in [5.41, 5.74) is -0.246. The molecule has 1 aliphatic rings. The Morgan fingerprint density at radius 2 is 2.00 bits per heavy atom. The lowest BCUT2D eigenvalue weighted by atomic mass is 9.80. The molecular weight excluding hydrogens is 240 g/mol. The topological polar surface area (TPSA) is 67.4 Å². The van der Waals surface area contributed by atoms with Crippen LogP contribution in [0.2, 0.25) is 0 Å². The van der Waals surface area contributed by atoms with Gasteiger partial charge in [-0.05, 0) is 32.2 Å². The van der Waals surface area contributed by atoms with Crippen LogP contribution >= 0.6 is 0 Å². The van der Waals surface area contributed by atoms with Crippen LogP contribution in [0.15, 0.2) is 0 Å². The minimum absolute atomic E-state index is 0.132. The Balaban J connectivity index is 2.24. The molecule has 0 amide bonds. The van der Waals surface area contributed by atoms with Gasteiger partial charge in [0, 0.05) is 20.2 Å². The average Bonchev–Trinajstić information content (AvgIpc) is 2.24. The molecule has 1 fully saturated rings. The predicted molar refractivity (Wildman–Crippen MR) is 68.5 cm³/mol. The van der Waals surface area contributed by atoms with Crippen LogP contribution in [-0.2, 0) is 14.8 Å². The van der Waals surface area contributed by atoms with E-state index in [0.717, 1.165) is 32.2 Å². The molecule has 6 heteroatoms. The van der Waals surface area contributed by atoms with Crippen molar-refractivity contribution in [2.24, 2.45) is 0 Å². The number of ether oxygens (including phenoxy) is 1. The molecular formula is C11H24N2O3S. The zero-order valence-corrected chi connectivity index (χ0v) is 11.6. The van der Waals surface area contributed by atoms with Crippen LogP contribution in [-0.4, -0.2) is 46.5 Å². The quantitative estimate of drug-likeness (QED) is 0.594. The van der Waals surface area contributed by atoms with Crippen molar-refractivity contribution >= 4 is 10.0 Å². The predicted octanol–water partition coefficient (Wildman–Crippen LogP) is 0.475. The van der Waals surface area contributed by atoms with Crippen molar-refractivity contribution in [1.82, 2.24) is 10.0 Å². The highest BCUT2D eigenvalue weighted by Crippen LogP contribution is 2.34. The fraction of sp³-hybridized carbons (Fsp3) is 1.00. The molecule has 2 N–H and O–H groups in total. The minimum atomic E-state index is -3.17. The molecule has 0 aliphatic heterocycles. The fourth-order valence-electron chi connectivity index (χ4n) is 1.85. The first kappa shape index (κ1) is 14.9. The van der Waals surface area contributed by atoms with Crippen LogP contribution in [0.25, 0.3) is 0 Å². The van der Waals surface area contributed by atoms with Crippen LogP contribution in [0.1, 0.15) is 32.6 Å². The molecule has 1 rings (SSSR count). The third kappa shape index (κ3) is 4.91. The summed E-state index contributed by atoms with van der Waals surface area (Å²) in [6, 6.07) is 0. The summed E-state index contributed by atoms with van der Waals surface area (Å²) in [5.74, 6) is 0.132. The van der Waals surface area contributed by atoms with E-state index in [1.807, 2.05) is 0 Å². The summed E-state index contributed by atoms with van der Waals surface area (Å²) in [7, 11) is -1.52. The number of methoxy groups -OCH3 is 1. The number of nitrogens with one attached hydrogen (secondary N) is 2. The summed E-state index contributed by atoms with van der Waals surface area (Å²) in [6.45, 7) is 3.82. The van der Waals surface area contributed by atoms with E-state index in [-0.39, 0.29) is 11.4 Å². The van der Waals surface area contributed by atoms with Crippen molar-refractivity contribution in [2.45, 2.75) is 38.2 Å². The monoisotopic (exact) mass is 264 g/mol. The Labute approximate surface area is 104 Å². The zero-order valence-electron chi connectivity index (χ0n) is 10.8. The molecule has 1 saturated carbocycles. The van der Waals surface area contributed by atoms with Gasteiger partial charge in [-0.1, -0.05) is 6.92 Å². The van der Waals surface area contributed by atoms with Crippen LogP contribution < -0.4 is 10.0 Å². The van der Waals surface area contributed by atoms with Gasteiger partial charge >= 0.3 is 0 Å². The smallest absolute Gasteiger partial charge is 0.212 e. The van der Waals surface area contributed by atoms with Crippen LogP contribution in [0.5, 0.6) is 0 Å². The Morgan fingerprint density at radius 1 is 1.29 bits per heavy atom. The molecule has 0 heterocycles. The normalized spacial score (nSPS) is 18.9. The molecule has 0 bridgehead atoms. The molecule has 0 aromatic rings. The Bertz CT molecular complexity index is 307. The van der Waals surface area contributed by atoms with E-state index in [1.165, 1.54) is 0 Å². The van der Waals surface area contributed by atoms with Gasteiger partial charge in [-0.2, -0.15) is 0 Å². The van der Waals surface area contributed by atoms with E-state index in [2.05, 4.69) is 17.0 Å². The number of hydrogen-bond acceptors (Lipinski definition) is 4. The first-order valence-corrected chi connectivity index (χ1v) is 7.92. The second kappa shape index (κ2) is 6.68. The molecule has 0 unspecified atom stereocenters. The molecule has 0 atom stereocenters. The van der Waals surface area contributed by atoms with E-state index < -0.39 is 10.0 Å². The van der Waals surface area contributed by atoms with Gasteiger partial charge in [0.1, 0.15) is 0 Å². The third-order valence-electron chi connectivity index (χ3n) is 3.29. The second-order valence-electron chi connectivity index (χ2n) is 4.63. The highest BCUT2D eigenvalue weighted by atomic mass is 32.2. The average molecular weight is 264 g/mol. The van der Waals surface area contributed by atoms with Gasteiger partial charge in [0.15, 0.2) is 0 Å². The lowest BCUT2D eigenvalue weighted by Crippen LogP contribution is -2.50. The third-order valence-corrected chi connectivity index (χ3v) is 4.61. The highest BCUT2D eigenvalue weighted by molar-refractivity contribution is 7.89. The Kier molecular flexibility index (Phi) is 5.85. The van der Waals surface area contributed by atoms with Crippen LogP contribution in [0, 0.1) is 0 Å². The summed E-state index contributed by atoms with van der Waals surface area (Å²) in [4.78, 5) is 0. The zero-order chi connectivity index (χ0) is 12.8. The maximum absolute atomic E-state index is 11.7. The lowest BCUT2D eigenvalue weighted by molar-refractivity contribution is -0.0659. The highest BCUT2D eigenvalue weighted by Gasteiger charge is 2.37. The van der Waals surface area contributed by atoms with Crippen LogP contribution in [0.4, 0.5) is 0 Å². The summed E-state index contributed by atoms with van der Waals surface area (Å²) < 4.78 is 31.4. The molecule has 0 radical (unpaired) electrons. The molecule has 0 aromatic heterocycles. The van der Waals surface area contributed by atoms with E-state index in [1.54, 1.807) is 7.11 Å². The largest absolute Gasteiger partial charge is 0.377 e. The Morgan fingerprint density at radius 3 is 2.47 bits per heavy atom. The van der Waals surface area contributed by atoms with Gasteiger partial charge in [-0.15, -0.1) is 0 Å². The van der Waals surface area contributed by atoms with Gasteiger partial charge in [-0.3, -0.25) is 0 Å². The number of hydrogen-bond donors (Lipinski definition) is 2. The van der Waals surface area contributed by atoms with Crippen molar-refractivity contribution in [3.8, 4) is 0 Å². The van der Waals surface area contributed by atoms with E-state index >= 15 is 0 Å². The van der Waals surface area contributed by atoms with Crippen molar-refractivity contribution in [2.75, 3.05) is 32.5 Å². The van der Waals surface area contributed by atoms with Gasteiger partial charge in [0.25, 0.3) is 0 Å². The fourth-order valence-corrected chi connectivity index (χ4v) is 2.89. The van der Waals surface area contributed by atoms with E-state index in [4.69, 9.17) is 4.74 Å². The summed E-state index contributed by atoms with van der Waals surface area (Å²) in [6.07, 6.45) is 4.02. The standard InChI is InChI=1S/C11H24N2O3S/c1-3-7-12-8-9-17(14,15)13-10-11(16-2)5-4-6-11/h12-13H,3-10H2,1-2H3. The summed E-state index contributed by atoms with van der Waals surface area (Å²) >= 11 is 0. The minimum Gasteiger partial charge on any atom is -0.377 e. The van der Waals surface area contributed by atoms with Crippen molar-refractivity contribution in [1.29, 1.82) is 0 Å². The van der Waals surface area contributed by atoms with E-state index in [0.29, 0.717) is 13.1 Å². The maximum Gasteiger partial charge on any atom is 0.212 e. The molecule has 1 aliphatic carbocycles. The maximum atomic E-state index is 11.7. The molecule has 0 saturated heterocycles. The molecule has 102 valence electrons. The first-order valence-electron chi connectivity index (χ1n) is 6.27. The van der Waals surface area contributed by atoms with E-state index in [9.17, 15) is 8.42 Å². The van der Waals surface area contributed by atoms with Crippen LogP contribution in [0.3, 0.4) is 0 Å². The van der Waals surface area contributed by atoms with Gasteiger partial charge in [-0.25, -0.2) is 13.1 Å². The van der Waals surface area contributed by atoms with Crippen molar-refractivity contribution < 1.29 is 13.2 Å². The first-order chi connectivity index (χ1) is 8.04. The SMILES string of the molecule is CCCNCCS(=O)(=O)NCC1(OC)CCC1. The lowest BCUT2D eigenvalue weighted by Gasteiger charge is -2.40. The molecule has 5 nitrogen and oxygen atoms in total. The number of rotatable bonds is 9.